The monoisotopic (exact) mass is 697 g/mol. The number of likely N-dealkylation sites (tertiary alicyclic amines) is 1. The van der Waals surface area contributed by atoms with Gasteiger partial charge in [-0.05, 0) is 74.4 Å². The first kappa shape index (κ1) is 35.1. The van der Waals surface area contributed by atoms with Crippen LogP contribution in [0.1, 0.15) is 61.9 Å². The largest absolute Gasteiger partial charge is 0.444 e. The highest BCUT2D eigenvalue weighted by atomic mass is 35.5. The summed E-state index contributed by atoms with van der Waals surface area (Å²) in [6.07, 6.45) is 1.56. The number of amides is 4. The van der Waals surface area contributed by atoms with E-state index in [9.17, 15) is 19.2 Å². The molecule has 3 aromatic carbocycles. The Morgan fingerprint density at radius 3 is 2.40 bits per heavy atom. The first-order valence-electron chi connectivity index (χ1n) is 17.1. The van der Waals surface area contributed by atoms with Gasteiger partial charge in [-0.25, -0.2) is 9.80 Å². The van der Waals surface area contributed by atoms with Crippen LogP contribution in [-0.4, -0.2) is 71.2 Å². The zero-order valence-corrected chi connectivity index (χ0v) is 29.7. The molecule has 0 spiro atoms. The van der Waals surface area contributed by atoms with Gasteiger partial charge >= 0.3 is 6.09 Å². The van der Waals surface area contributed by atoms with Crippen molar-refractivity contribution in [2.75, 3.05) is 20.1 Å². The predicted octanol–water partition coefficient (Wildman–Crippen LogP) is 5.49. The Morgan fingerprint density at radius 1 is 0.980 bits per heavy atom. The highest BCUT2D eigenvalue weighted by Gasteiger charge is 2.54. The number of ether oxygens (including phenoxy) is 1. The standard InChI is InChI=1S/C39H44ClN5O5/c1-38(2,3)50-37(49)42-33-29-13-9-8-12-27(29)16-19-30(33)34(46)41-31(22-25-14-17-28(40)18-15-25)35(47)45-21-20-32-39(24-45,36(48)44(4)43-32)23-26-10-6-5-7-11-26/h5-15,17-18,30-31,33H,16,19-24H2,1-4H3,(H,41,46)(H,42,49)/t30?,31-,33?,39?/m1/s1. The molecule has 2 aliphatic heterocycles. The Morgan fingerprint density at radius 2 is 1.68 bits per heavy atom. The topological polar surface area (TPSA) is 120 Å². The number of hydrazone groups is 1. The van der Waals surface area contributed by atoms with Gasteiger partial charge in [0.25, 0.3) is 5.91 Å². The molecule has 6 rings (SSSR count). The fraction of sp³-hybridized carbons (Fsp3) is 0.410. The van der Waals surface area contributed by atoms with Gasteiger partial charge in [0.05, 0.1) is 17.7 Å². The van der Waals surface area contributed by atoms with Gasteiger partial charge in [0.2, 0.25) is 11.8 Å². The van der Waals surface area contributed by atoms with Crippen molar-refractivity contribution in [2.24, 2.45) is 16.4 Å². The Labute approximate surface area is 298 Å². The van der Waals surface area contributed by atoms with Gasteiger partial charge in [0, 0.05) is 38.0 Å². The van der Waals surface area contributed by atoms with Crippen LogP contribution < -0.4 is 10.6 Å². The molecule has 1 saturated heterocycles. The molecule has 1 aliphatic carbocycles. The first-order valence-corrected chi connectivity index (χ1v) is 17.5. The summed E-state index contributed by atoms with van der Waals surface area (Å²) in [6, 6.07) is 23.1. The number of hydrogen-bond donors (Lipinski definition) is 2. The summed E-state index contributed by atoms with van der Waals surface area (Å²) in [5.41, 5.74) is 2.75. The Kier molecular flexibility index (Phi) is 10.0. The lowest BCUT2D eigenvalue weighted by atomic mass is 9.73. The van der Waals surface area contributed by atoms with Crippen LogP contribution in [0.4, 0.5) is 4.79 Å². The number of carbonyl (C=O) groups is 4. The van der Waals surface area contributed by atoms with Crippen LogP contribution in [0.2, 0.25) is 5.02 Å². The quantitative estimate of drug-likeness (QED) is 0.323. The van der Waals surface area contributed by atoms with E-state index in [0.717, 1.165) is 28.0 Å². The van der Waals surface area contributed by atoms with Gasteiger partial charge < -0.3 is 20.3 Å². The number of nitrogens with one attached hydrogen (secondary N) is 2. The predicted molar refractivity (Wildman–Crippen MR) is 191 cm³/mol. The van der Waals surface area contributed by atoms with Crippen LogP contribution in [0.15, 0.2) is 84.0 Å². The van der Waals surface area contributed by atoms with Crippen molar-refractivity contribution < 1.29 is 23.9 Å². The second-order valence-corrected chi connectivity index (χ2v) is 14.9. The molecular formula is C39H44ClN5O5. The van der Waals surface area contributed by atoms with Gasteiger partial charge in [-0.15, -0.1) is 0 Å². The third kappa shape index (κ3) is 7.55. The normalized spacial score (nSPS) is 22.2. The van der Waals surface area contributed by atoms with E-state index in [-0.39, 0.29) is 30.7 Å². The third-order valence-corrected chi connectivity index (χ3v) is 10.0. The van der Waals surface area contributed by atoms with Crippen molar-refractivity contribution in [3.05, 3.63) is 106 Å². The first-order chi connectivity index (χ1) is 23.8. The van der Waals surface area contributed by atoms with E-state index in [4.69, 9.17) is 16.3 Å². The molecule has 11 heteroatoms. The van der Waals surface area contributed by atoms with Gasteiger partial charge in [-0.2, -0.15) is 5.10 Å². The van der Waals surface area contributed by atoms with E-state index in [1.807, 2.05) is 66.7 Å². The van der Waals surface area contributed by atoms with Crippen molar-refractivity contribution in [2.45, 2.75) is 70.6 Å². The lowest BCUT2D eigenvalue weighted by Crippen LogP contribution is -2.60. The number of halogens is 1. The summed E-state index contributed by atoms with van der Waals surface area (Å²) in [4.78, 5) is 57.4. The van der Waals surface area contributed by atoms with Gasteiger partial charge in [-0.1, -0.05) is 78.3 Å². The number of benzene rings is 3. The molecule has 262 valence electrons. The molecule has 50 heavy (non-hydrogen) atoms. The van der Waals surface area contributed by atoms with Crippen LogP contribution >= 0.6 is 11.6 Å². The molecule has 10 nitrogen and oxygen atoms in total. The molecule has 2 N–H and O–H groups in total. The number of alkyl carbamates (subject to hydrolysis) is 1. The van der Waals surface area contributed by atoms with Gasteiger partial charge in [0.1, 0.15) is 17.1 Å². The zero-order chi connectivity index (χ0) is 35.6. The lowest BCUT2D eigenvalue weighted by Gasteiger charge is -2.41. The highest BCUT2D eigenvalue weighted by molar-refractivity contribution is 6.30. The van der Waals surface area contributed by atoms with E-state index in [1.54, 1.807) is 44.9 Å². The minimum atomic E-state index is -0.992. The second kappa shape index (κ2) is 14.3. The maximum atomic E-state index is 14.6. The lowest BCUT2D eigenvalue weighted by molar-refractivity contribution is -0.142. The molecule has 0 aromatic heterocycles. The number of carbonyl (C=O) groups excluding carboxylic acids is 4. The van der Waals surface area contributed by atoms with Crippen molar-refractivity contribution in [3.8, 4) is 0 Å². The van der Waals surface area contributed by atoms with Crippen molar-refractivity contribution in [1.29, 1.82) is 0 Å². The Bertz CT molecular complexity index is 1790. The maximum Gasteiger partial charge on any atom is 0.408 e. The molecule has 1 fully saturated rings. The van der Waals surface area contributed by atoms with Crippen LogP contribution in [0, 0.1) is 11.3 Å². The summed E-state index contributed by atoms with van der Waals surface area (Å²) in [5.74, 6) is -1.44. The van der Waals surface area contributed by atoms with Crippen LogP contribution in [0.25, 0.3) is 0 Å². The number of piperidine rings is 1. The molecule has 3 aliphatic rings. The van der Waals surface area contributed by atoms with E-state index in [1.165, 1.54) is 5.01 Å². The van der Waals surface area contributed by atoms with Crippen molar-refractivity contribution in [1.82, 2.24) is 20.5 Å². The molecule has 0 bridgehead atoms. The average Bonchev–Trinajstić information content (AvgIpc) is 3.32. The zero-order valence-electron chi connectivity index (χ0n) is 28.9. The molecular weight excluding hydrogens is 654 g/mol. The minimum absolute atomic E-state index is 0.148. The number of rotatable bonds is 8. The molecule has 4 amide bonds. The summed E-state index contributed by atoms with van der Waals surface area (Å²) < 4.78 is 5.58. The SMILES string of the molecule is CN1N=C2CCN(C(=O)[C@@H](Cc3ccc(Cl)cc3)NC(=O)C3CCc4ccccc4C3NC(=O)OC(C)(C)C)CC2(Cc2ccccc2)C1=O. The summed E-state index contributed by atoms with van der Waals surface area (Å²) in [6.45, 7) is 5.87. The number of aryl methyl sites for hydroxylation is 1. The average molecular weight is 698 g/mol. The molecule has 0 saturated carbocycles. The van der Waals surface area contributed by atoms with Crippen LogP contribution in [0.5, 0.6) is 0 Å². The second-order valence-electron chi connectivity index (χ2n) is 14.5. The fourth-order valence-corrected chi connectivity index (χ4v) is 7.55. The summed E-state index contributed by atoms with van der Waals surface area (Å²) >= 11 is 6.18. The van der Waals surface area contributed by atoms with Crippen LogP contribution in [-0.2, 0) is 38.4 Å². The number of nitrogens with zero attached hydrogens (tertiary/aromatic N) is 3. The number of fused-ring (bicyclic) bond motifs is 2. The van der Waals surface area contributed by atoms with E-state index in [2.05, 4.69) is 15.7 Å². The third-order valence-electron chi connectivity index (χ3n) is 9.76. The van der Waals surface area contributed by atoms with E-state index < -0.39 is 35.1 Å². The van der Waals surface area contributed by atoms with Crippen molar-refractivity contribution >= 4 is 41.1 Å². The molecule has 3 unspecified atom stereocenters. The summed E-state index contributed by atoms with van der Waals surface area (Å²) in [5, 5.41) is 12.6. The fourth-order valence-electron chi connectivity index (χ4n) is 7.43. The van der Waals surface area contributed by atoms with Crippen molar-refractivity contribution in [3.63, 3.8) is 0 Å². The Hall–Kier alpha value is -4.70. The molecule has 4 atom stereocenters. The highest BCUT2D eigenvalue weighted by Crippen LogP contribution is 2.39. The van der Waals surface area contributed by atoms with Gasteiger partial charge in [0.15, 0.2) is 0 Å². The van der Waals surface area contributed by atoms with Gasteiger partial charge in [-0.3, -0.25) is 14.4 Å². The Balaban J connectivity index is 1.28. The molecule has 0 radical (unpaired) electrons. The number of hydrogen-bond acceptors (Lipinski definition) is 6. The van der Waals surface area contributed by atoms with E-state index in [0.29, 0.717) is 37.3 Å². The smallest absolute Gasteiger partial charge is 0.408 e. The minimum Gasteiger partial charge on any atom is -0.444 e. The van der Waals surface area contributed by atoms with E-state index >= 15 is 0 Å². The molecule has 3 aromatic rings. The molecule has 2 heterocycles. The summed E-state index contributed by atoms with van der Waals surface area (Å²) in [7, 11) is 1.65. The maximum absolute atomic E-state index is 14.6. The van der Waals surface area contributed by atoms with Crippen LogP contribution in [0.3, 0.4) is 0 Å².